The van der Waals surface area contributed by atoms with Gasteiger partial charge in [0.1, 0.15) is 0 Å². The summed E-state index contributed by atoms with van der Waals surface area (Å²) in [6, 6.07) is 11.5. The minimum atomic E-state index is 0.490. The number of aryl methyl sites for hydroxylation is 1. The van der Waals surface area contributed by atoms with E-state index in [9.17, 15) is 0 Å². The van der Waals surface area contributed by atoms with E-state index >= 15 is 0 Å². The monoisotopic (exact) mass is 282 g/mol. The van der Waals surface area contributed by atoms with E-state index in [4.69, 9.17) is 0 Å². The van der Waals surface area contributed by atoms with E-state index in [2.05, 4.69) is 54.5 Å². The first-order valence-corrected chi connectivity index (χ1v) is 8.37. The first-order valence-electron chi connectivity index (χ1n) is 8.37. The highest BCUT2D eigenvalue weighted by Gasteiger charge is 2.21. The average molecular weight is 282 g/mol. The van der Waals surface area contributed by atoms with Crippen LogP contribution in [0.15, 0.2) is 30.3 Å². The molecule has 1 aromatic heterocycles. The fourth-order valence-corrected chi connectivity index (χ4v) is 3.63. The minimum absolute atomic E-state index is 0.490. The lowest BCUT2D eigenvalue weighted by Gasteiger charge is -2.22. The van der Waals surface area contributed by atoms with Gasteiger partial charge in [0.2, 0.25) is 0 Å². The van der Waals surface area contributed by atoms with Crippen molar-refractivity contribution in [3.8, 4) is 0 Å². The number of rotatable bonds is 5. The van der Waals surface area contributed by atoms with Gasteiger partial charge >= 0.3 is 0 Å². The van der Waals surface area contributed by atoms with Gasteiger partial charge in [-0.05, 0) is 49.6 Å². The number of nitrogens with one attached hydrogen (secondary N) is 1. The molecule has 1 heterocycles. The highest BCUT2D eigenvalue weighted by molar-refractivity contribution is 5.79. The second-order valence-electron chi connectivity index (χ2n) is 6.40. The molecule has 1 atom stereocenters. The first kappa shape index (κ1) is 14.5. The zero-order valence-electron chi connectivity index (χ0n) is 13.2. The molecule has 3 rings (SSSR count). The lowest BCUT2D eigenvalue weighted by molar-refractivity contribution is 0.401. The molecule has 0 saturated heterocycles. The lowest BCUT2D eigenvalue weighted by Crippen LogP contribution is -2.23. The molecule has 0 amide bonds. The Balaban J connectivity index is 1.85. The molecule has 1 unspecified atom stereocenters. The van der Waals surface area contributed by atoms with Gasteiger partial charge in [-0.3, -0.25) is 4.98 Å². The van der Waals surface area contributed by atoms with Gasteiger partial charge in [0, 0.05) is 17.1 Å². The molecule has 0 spiro atoms. The Hall–Kier alpha value is -1.41. The molecule has 1 N–H and O–H groups in total. The van der Waals surface area contributed by atoms with Crippen LogP contribution in [0.4, 0.5) is 0 Å². The summed E-state index contributed by atoms with van der Waals surface area (Å²) in [5.41, 5.74) is 3.61. The third-order valence-corrected chi connectivity index (χ3v) is 4.75. The summed E-state index contributed by atoms with van der Waals surface area (Å²) in [7, 11) is 0. The zero-order chi connectivity index (χ0) is 14.7. The predicted molar refractivity (Wildman–Crippen MR) is 89.5 cm³/mol. The van der Waals surface area contributed by atoms with Crippen LogP contribution in [0.2, 0.25) is 0 Å². The van der Waals surface area contributed by atoms with E-state index in [1.165, 1.54) is 43.1 Å². The van der Waals surface area contributed by atoms with Crippen molar-refractivity contribution < 1.29 is 0 Å². The number of benzene rings is 1. The highest BCUT2D eigenvalue weighted by Crippen LogP contribution is 2.33. The number of aromatic nitrogens is 1. The van der Waals surface area contributed by atoms with Crippen molar-refractivity contribution in [1.29, 1.82) is 0 Å². The van der Waals surface area contributed by atoms with Crippen molar-refractivity contribution in [3.05, 3.63) is 41.6 Å². The van der Waals surface area contributed by atoms with Crippen LogP contribution in [0, 0.1) is 12.8 Å². The standard InChI is InChI=1S/C19H26N2/c1-3-20-19(12-15-6-4-5-7-15)17-10-11-18-16(13-17)9-8-14(2)21-18/h8-11,13,15,19-20H,3-7,12H2,1-2H3. The largest absolute Gasteiger partial charge is 0.310 e. The molecule has 112 valence electrons. The Labute approximate surface area is 128 Å². The maximum atomic E-state index is 4.60. The number of pyridine rings is 1. The Kier molecular flexibility index (Phi) is 4.54. The summed E-state index contributed by atoms with van der Waals surface area (Å²) in [4.78, 5) is 4.60. The molecule has 1 aliphatic rings. The Bertz CT molecular complexity index is 600. The topological polar surface area (TPSA) is 24.9 Å². The third-order valence-electron chi connectivity index (χ3n) is 4.75. The lowest BCUT2D eigenvalue weighted by atomic mass is 9.93. The zero-order valence-corrected chi connectivity index (χ0v) is 13.2. The molecule has 1 saturated carbocycles. The summed E-state index contributed by atoms with van der Waals surface area (Å²) >= 11 is 0. The van der Waals surface area contributed by atoms with E-state index in [0.717, 1.165) is 23.7 Å². The van der Waals surface area contributed by atoms with Crippen LogP contribution in [0.3, 0.4) is 0 Å². The fraction of sp³-hybridized carbons (Fsp3) is 0.526. The van der Waals surface area contributed by atoms with E-state index in [0.29, 0.717) is 6.04 Å². The molecule has 2 aromatic rings. The van der Waals surface area contributed by atoms with Crippen molar-refractivity contribution in [2.24, 2.45) is 5.92 Å². The number of fused-ring (bicyclic) bond motifs is 1. The number of hydrogen-bond donors (Lipinski definition) is 1. The van der Waals surface area contributed by atoms with Crippen molar-refractivity contribution in [3.63, 3.8) is 0 Å². The quantitative estimate of drug-likeness (QED) is 0.854. The van der Waals surface area contributed by atoms with E-state index in [1.807, 2.05) is 0 Å². The maximum absolute atomic E-state index is 4.60. The Morgan fingerprint density at radius 3 is 2.76 bits per heavy atom. The molecule has 21 heavy (non-hydrogen) atoms. The van der Waals surface area contributed by atoms with Crippen LogP contribution in [0.25, 0.3) is 10.9 Å². The van der Waals surface area contributed by atoms with Crippen LogP contribution in [-0.2, 0) is 0 Å². The van der Waals surface area contributed by atoms with Gasteiger partial charge in [0.25, 0.3) is 0 Å². The van der Waals surface area contributed by atoms with Crippen LogP contribution >= 0.6 is 0 Å². The van der Waals surface area contributed by atoms with E-state index in [1.54, 1.807) is 0 Å². The molecule has 2 heteroatoms. The Morgan fingerprint density at radius 2 is 2.00 bits per heavy atom. The summed E-state index contributed by atoms with van der Waals surface area (Å²) in [6.07, 6.45) is 6.94. The molecule has 0 radical (unpaired) electrons. The van der Waals surface area contributed by atoms with Gasteiger partial charge in [-0.1, -0.05) is 44.7 Å². The van der Waals surface area contributed by atoms with Gasteiger partial charge in [-0.2, -0.15) is 0 Å². The summed E-state index contributed by atoms with van der Waals surface area (Å²) in [5.74, 6) is 0.904. The predicted octanol–water partition coefficient (Wildman–Crippen LogP) is 4.77. The molecule has 0 aliphatic heterocycles. The second kappa shape index (κ2) is 6.57. The van der Waals surface area contributed by atoms with Crippen molar-refractivity contribution in [2.45, 2.75) is 52.0 Å². The Morgan fingerprint density at radius 1 is 1.19 bits per heavy atom. The van der Waals surface area contributed by atoms with Gasteiger partial charge in [-0.15, -0.1) is 0 Å². The minimum Gasteiger partial charge on any atom is -0.310 e. The highest BCUT2D eigenvalue weighted by atomic mass is 14.9. The van der Waals surface area contributed by atoms with E-state index < -0.39 is 0 Å². The second-order valence-corrected chi connectivity index (χ2v) is 6.40. The van der Waals surface area contributed by atoms with Gasteiger partial charge < -0.3 is 5.32 Å². The normalized spacial score (nSPS) is 17.4. The van der Waals surface area contributed by atoms with Crippen LogP contribution in [0.1, 0.15) is 56.3 Å². The molecule has 0 bridgehead atoms. The average Bonchev–Trinajstić information content (AvgIpc) is 2.99. The van der Waals surface area contributed by atoms with Gasteiger partial charge in [0.15, 0.2) is 0 Å². The number of hydrogen-bond acceptors (Lipinski definition) is 2. The molecular weight excluding hydrogens is 256 g/mol. The molecule has 1 fully saturated rings. The van der Waals surface area contributed by atoms with Crippen molar-refractivity contribution >= 4 is 10.9 Å². The van der Waals surface area contributed by atoms with Crippen molar-refractivity contribution in [1.82, 2.24) is 10.3 Å². The van der Waals surface area contributed by atoms with Gasteiger partial charge in [0.05, 0.1) is 5.52 Å². The van der Waals surface area contributed by atoms with Crippen LogP contribution in [0.5, 0.6) is 0 Å². The van der Waals surface area contributed by atoms with Crippen LogP contribution < -0.4 is 5.32 Å². The summed E-state index contributed by atoms with van der Waals surface area (Å²) in [6.45, 7) is 5.28. The molecular formula is C19H26N2. The SMILES string of the molecule is CCNC(CC1CCCC1)c1ccc2nc(C)ccc2c1. The molecule has 1 aromatic carbocycles. The maximum Gasteiger partial charge on any atom is 0.0705 e. The first-order chi connectivity index (χ1) is 10.3. The summed E-state index contributed by atoms with van der Waals surface area (Å²) in [5, 5.41) is 4.94. The van der Waals surface area contributed by atoms with Crippen molar-refractivity contribution in [2.75, 3.05) is 6.54 Å². The van der Waals surface area contributed by atoms with Crippen LogP contribution in [-0.4, -0.2) is 11.5 Å². The smallest absolute Gasteiger partial charge is 0.0705 e. The summed E-state index contributed by atoms with van der Waals surface area (Å²) < 4.78 is 0. The molecule has 1 aliphatic carbocycles. The molecule has 2 nitrogen and oxygen atoms in total. The number of nitrogens with zero attached hydrogens (tertiary/aromatic N) is 1. The van der Waals surface area contributed by atoms with Gasteiger partial charge in [-0.25, -0.2) is 0 Å². The third kappa shape index (κ3) is 3.44. The van der Waals surface area contributed by atoms with E-state index in [-0.39, 0.29) is 0 Å². The fourth-order valence-electron chi connectivity index (χ4n) is 3.63.